The summed E-state index contributed by atoms with van der Waals surface area (Å²) in [5, 5.41) is 11.7. The van der Waals surface area contributed by atoms with Gasteiger partial charge in [-0.05, 0) is 55.7 Å². The van der Waals surface area contributed by atoms with E-state index in [1.807, 2.05) is 6.92 Å². The van der Waals surface area contributed by atoms with Gasteiger partial charge in [-0.25, -0.2) is 13.6 Å². The number of primary sulfonamides is 1. The average molecular weight is 351 g/mol. The number of anilines is 1. The summed E-state index contributed by atoms with van der Waals surface area (Å²) >= 11 is 0. The van der Waals surface area contributed by atoms with Crippen molar-refractivity contribution in [1.29, 1.82) is 0 Å². The molecule has 24 heavy (non-hydrogen) atoms. The van der Waals surface area contributed by atoms with Crippen LogP contribution in [-0.4, -0.2) is 26.4 Å². The average Bonchev–Trinajstić information content (AvgIpc) is 2.85. The molecule has 2 heterocycles. The highest BCUT2D eigenvalue weighted by atomic mass is 32.2. The van der Waals surface area contributed by atoms with Crippen LogP contribution in [0.4, 0.5) is 5.69 Å². The fraction of sp³-hybridized carbons (Fsp3) is 0.588. The highest BCUT2D eigenvalue weighted by molar-refractivity contribution is 7.89. The number of sulfonamides is 1. The Morgan fingerprint density at radius 1 is 1.29 bits per heavy atom. The third-order valence-electron chi connectivity index (χ3n) is 5.08. The van der Waals surface area contributed by atoms with E-state index in [4.69, 9.17) is 5.14 Å². The van der Waals surface area contributed by atoms with Crippen LogP contribution in [0.15, 0.2) is 23.1 Å². The van der Waals surface area contributed by atoms with Crippen molar-refractivity contribution in [3.63, 3.8) is 0 Å². The van der Waals surface area contributed by atoms with E-state index in [0.29, 0.717) is 42.1 Å². The summed E-state index contributed by atoms with van der Waals surface area (Å²) in [4.78, 5) is 12.4. The maximum Gasteiger partial charge on any atom is 0.238 e. The van der Waals surface area contributed by atoms with Crippen molar-refractivity contribution >= 4 is 21.6 Å². The fourth-order valence-corrected chi connectivity index (χ4v) is 4.87. The van der Waals surface area contributed by atoms with Crippen molar-refractivity contribution in [1.82, 2.24) is 5.32 Å². The van der Waals surface area contributed by atoms with Crippen LogP contribution in [0, 0.1) is 5.92 Å². The van der Waals surface area contributed by atoms with Crippen LogP contribution in [0.2, 0.25) is 0 Å². The second-order valence-corrected chi connectivity index (χ2v) is 8.48. The van der Waals surface area contributed by atoms with Crippen molar-refractivity contribution in [2.24, 2.45) is 11.1 Å². The monoisotopic (exact) mass is 351 g/mol. The lowest BCUT2D eigenvalue weighted by molar-refractivity contribution is -0.117. The van der Waals surface area contributed by atoms with Gasteiger partial charge in [-0.1, -0.05) is 13.0 Å². The van der Waals surface area contributed by atoms with E-state index in [1.54, 1.807) is 12.1 Å². The number of aryl methyl sites for hydroxylation is 1. The first-order valence-corrected chi connectivity index (χ1v) is 10.1. The lowest BCUT2D eigenvalue weighted by Crippen LogP contribution is -2.39. The minimum absolute atomic E-state index is 0.0640. The number of benzene rings is 1. The van der Waals surface area contributed by atoms with E-state index in [1.165, 1.54) is 18.9 Å². The van der Waals surface area contributed by atoms with Crippen LogP contribution in [0.25, 0.3) is 0 Å². The summed E-state index contributed by atoms with van der Waals surface area (Å²) in [6.45, 7) is 1.87. The number of amides is 1. The molecule has 2 bridgehead atoms. The Balaban J connectivity index is 1.66. The third-order valence-corrected chi connectivity index (χ3v) is 6.08. The zero-order valence-electron chi connectivity index (χ0n) is 13.9. The van der Waals surface area contributed by atoms with E-state index in [0.717, 1.165) is 12.8 Å². The predicted molar refractivity (Wildman–Crippen MR) is 93.1 cm³/mol. The van der Waals surface area contributed by atoms with Crippen LogP contribution in [-0.2, 0) is 21.2 Å². The topological polar surface area (TPSA) is 101 Å². The van der Waals surface area contributed by atoms with E-state index < -0.39 is 10.0 Å². The number of carbonyl (C=O) groups is 1. The van der Waals surface area contributed by atoms with E-state index in [2.05, 4.69) is 10.6 Å². The van der Waals surface area contributed by atoms with Crippen molar-refractivity contribution in [3.8, 4) is 0 Å². The fourth-order valence-electron chi connectivity index (χ4n) is 4.01. The van der Waals surface area contributed by atoms with Crippen molar-refractivity contribution < 1.29 is 13.2 Å². The molecule has 7 heteroatoms. The SMILES string of the molecule is CCc1ccc(NC(=O)CC2CC3CCC(C2)N3)cc1S(N)(=O)=O. The minimum atomic E-state index is -3.80. The maximum atomic E-state index is 12.3. The zero-order valence-corrected chi connectivity index (χ0v) is 14.7. The van der Waals surface area contributed by atoms with Gasteiger partial charge in [0.15, 0.2) is 0 Å². The summed E-state index contributed by atoms with van der Waals surface area (Å²) < 4.78 is 23.4. The summed E-state index contributed by atoms with van der Waals surface area (Å²) in [6, 6.07) is 6.01. The Bertz CT molecular complexity index is 721. The van der Waals surface area contributed by atoms with Gasteiger partial charge in [0.05, 0.1) is 4.90 Å². The molecule has 3 rings (SSSR count). The summed E-state index contributed by atoms with van der Waals surface area (Å²) in [7, 11) is -3.80. The molecule has 0 saturated carbocycles. The molecular weight excluding hydrogens is 326 g/mol. The van der Waals surface area contributed by atoms with Gasteiger partial charge in [0.25, 0.3) is 0 Å². The zero-order chi connectivity index (χ0) is 17.3. The number of nitrogens with two attached hydrogens (primary N) is 1. The Kier molecular flexibility index (Phi) is 4.94. The number of nitrogens with one attached hydrogen (secondary N) is 2. The molecule has 4 N–H and O–H groups in total. The Labute approximate surface area is 143 Å². The Morgan fingerprint density at radius 2 is 1.96 bits per heavy atom. The lowest BCUT2D eigenvalue weighted by atomic mass is 9.89. The molecular formula is C17H25N3O3S. The van der Waals surface area contributed by atoms with Gasteiger partial charge in [-0.3, -0.25) is 4.79 Å². The lowest BCUT2D eigenvalue weighted by Gasteiger charge is -2.28. The number of carbonyl (C=O) groups excluding carboxylic acids is 1. The molecule has 0 spiro atoms. The molecule has 0 aromatic heterocycles. The highest BCUT2D eigenvalue weighted by Gasteiger charge is 2.34. The van der Waals surface area contributed by atoms with Gasteiger partial charge in [0.1, 0.15) is 0 Å². The third kappa shape index (κ3) is 3.96. The maximum absolute atomic E-state index is 12.3. The van der Waals surface area contributed by atoms with Crippen molar-refractivity contribution in [3.05, 3.63) is 23.8 Å². The number of hydrogen-bond donors (Lipinski definition) is 3. The minimum Gasteiger partial charge on any atom is -0.326 e. The van der Waals surface area contributed by atoms with Crippen molar-refractivity contribution in [2.45, 2.75) is 62.4 Å². The van der Waals surface area contributed by atoms with E-state index in [9.17, 15) is 13.2 Å². The molecule has 1 aromatic rings. The summed E-state index contributed by atoms with van der Waals surface area (Å²) in [6.07, 6.45) is 5.55. The molecule has 2 unspecified atom stereocenters. The van der Waals surface area contributed by atoms with Gasteiger partial charge in [-0.2, -0.15) is 0 Å². The van der Waals surface area contributed by atoms with Crippen LogP contribution in [0.1, 0.15) is 44.6 Å². The predicted octanol–water partition coefficient (Wildman–Crippen LogP) is 1.76. The van der Waals surface area contributed by atoms with Gasteiger partial charge in [-0.15, -0.1) is 0 Å². The van der Waals surface area contributed by atoms with Crippen LogP contribution in [0.5, 0.6) is 0 Å². The molecule has 1 amide bonds. The largest absolute Gasteiger partial charge is 0.326 e. The van der Waals surface area contributed by atoms with Crippen LogP contribution >= 0.6 is 0 Å². The molecule has 2 aliphatic heterocycles. The van der Waals surface area contributed by atoms with E-state index in [-0.39, 0.29) is 10.8 Å². The van der Waals surface area contributed by atoms with Gasteiger partial charge >= 0.3 is 0 Å². The number of rotatable bonds is 5. The second kappa shape index (κ2) is 6.82. The van der Waals surface area contributed by atoms with Crippen LogP contribution in [0.3, 0.4) is 0 Å². The molecule has 0 radical (unpaired) electrons. The molecule has 132 valence electrons. The first-order valence-electron chi connectivity index (χ1n) is 8.56. The van der Waals surface area contributed by atoms with Crippen molar-refractivity contribution in [2.75, 3.05) is 5.32 Å². The number of hydrogen-bond acceptors (Lipinski definition) is 4. The molecule has 2 atom stereocenters. The normalized spacial score (nSPS) is 26.3. The smallest absolute Gasteiger partial charge is 0.238 e. The quantitative estimate of drug-likeness (QED) is 0.752. The van der Waals surface area contributed by atoms with Gasteiger partial charge in [0.2, 0.25) is 15.9 Å². The molecule has 2 fully saturated rings. The molecule has 6 nitrogen and oxygen atoms in total. The number of piperidine rings is 1. The molecule has 1 aromatic carbocycles. The van der Waals surface area contributed by atoms with Crippen LogP contribution < -0.4 is 15.8 Å². The number of fused-ring (bicyclic) bond motifs is 2. The van der Waals surface area contributed by atoms with Gasteiger partial charge in [0, 0.05) is 24.2 Å². The first-order chi connectivity index (χ1) is 11.3. The van der Waals surface area contributed by atoms with Gasteiger partial charge < -0.3 is 10.6 Å². The highest BCUT2D eigenvalue weighted by Crippen LogP contribution is 2.33. The Morgan fingerprint density at radius 3 is 2.54 bits per heavy atom. The first kappa shape index (κ1) is 17.4. The molecule has 2 aliphatic rings. The molecule has 0 aliphatic carbocycles. The van der Waals surface area contributed by atoms with E-state index >= 15 is 0 Å². The summed E-state index contributed by atoms with van der Waals surface area (Å²) in [5.74, 6) is 0.335. The Hall–Kier alpha value is -1.44. The molecule has 2 saturated heterocycles. The summed E-state index contributed by atoms with van der Waals surface area (Å²) in [5.41, 5.74) is 1.14. The standard InChI is InChI=1S/C17H25N3O3S/c1-2-12-3-4-15(10-16(12)24(18,22)23)20-17(21)9-11-7-13-5-6-14(8-11)19-13/h3-4,10-11,13-14,19H,2,5-9H2,1H3,(H,20,21)(H2,18,22,23). The second-order valence-electron chi connectivity index (χ2n) is 6.95.